The summed E-state index contributed by atoms with van der Waals surface area (Å²) in [4.78, 5) is 28.3. The molecule has 1 atom stereocenters. The summed E-state index contributed by atoms with van der Waals surface area (Å²) in [6, 6.07) is 29.4. The van der Waals surface area contributed by atoms with Gasteiger partial charge >= 0.3 is 0 Å². The first kappa shape index (κ1) is 28.0. The Labute approximate surface area is 238 Å². The van der Waals surface area contributed by atoms with E-state index in [1.54, 1.807) is 42.5 Å². The van der Waals surface area contributed by atoms with Crippen LogP contribution < -0.4 is 15.0 Å². The number of nitrogens with zero attached hydrogens (tertiary/aromatic N) is 2. The van der Waals surface area contributed by atoms with Crippen molar-refractivity contribution in [3.8, 4) is 5.75 Å². The molecule has 0 radical (unpaired) electrons. The standard InChI is InChI=1S/C31H28FN3O5S/c32-25-17-15-24(16-18-25)20-34(41(38,39)26-11-5-2-6-12-26)22-30(36)35-21-29(40-28-14-8-7-13-27(28)35)31(37)33-19-23-9-3-1-4-10-23/h1-18,29H,19-22H2,(H,33,37)/t29-/m0/s1. The number of ether oxygens (including phenoxy) is 1. The maximum atomic E-state index is 13.8. The van der Waals surface area contributed by atoms with Crippen molar-refractivity contribution < 1.29 is 27.1 Å². The molecule has 8 nitrogen and oxygen atoms in total. The van der Waals surface area contributed by atoms with Crippen molar-refractivity contribution in [3.63, 3.8) is 0 Å². The lowest BCUT2D eigenvalue weighted by Gasteiger charge is -2.35. The highest BCUT2D eigenvalue weighted by Crippen LogP contribution is 2.33. The Morgan fingerprint density at radius 1 is 0.854 bits per heavy atom. The van der Waals surface area contributed by atoms with Crippen molar-refractivity contribution in [2.75, 3.05) is 18.0 Å². The van der Waals surface area contributed by atoms with Gasteiger partial charge in [-0.3, -0.25) is 9.59 Å². The molecule has 0 bridgehead atoms. The van der Waals surface area contributed by atoms with E-state index >= 15 is 0 Å². The molecular weight excluding hydrogens is 545 g/mol. The molecule has 0 unspecified atom stereocenters. The summed E-state index contributed by atoms with van der Waals surface area (Å²) in [6.45, 7) is -0.486. The van der Waals surface area contributed by atoms with E-state index in [9.17, 15) is 22.4 Å². The Morgan fingerprint density at radius 2 is 1.49 bits per heavy atom. The summed E-state index contributed by atoms with van der Waals surface area (Å²) in [5, 5.41) is 2.84. The molecule has 0 spiro atoms. The van der Waals surface area contributed by atoms with Gasteiger partial charge in [0.1, 0.15) is 11.6 Å². The lowest BCUT2D eigenvalue weighted by atomic mass is 10.1. The first-order valence-corrected chi connectivity index (χ1v) is 14.4. The average molecular weight is 574 g/mol. The molecule has 0 saturated heterocycles. The molecule has 210 valence electrons. The Balaban J connectivity index is 1.40. The van der Waals surface area contributed by atoms with Gasteiger partial charge in [0, 0.05) is 13.1 Å². The summed E-state index contributed by atoms with van der Waals surface area (Å²) < 4.78 is 47.8. The van der Waals surface area contributed by atoms with Crippen LogP contribution in [-0.2, 0) is 32.7 Å². The number of sulfonamides is 1. The van der Waals surface area contributed by atoms with Gasteiger partial charge in [0.15, 0.2) is 6.10 Å². The molecule has 4 aromatic carbocycles. The van der Waals surface area contributed by atoms with Crippen molar-refractivity contribution in [1.82, 2.24) is 9.62 Å². The van der Waals surface area contributed by atoms with Crippen LogP contribution in [0.1, 0.15) is 11.1 Å². The number of nitrogens with one attached hydrogen (secondary N) is 1. The number of benzene rings is 4. The molecule has 0 aromatic heterocycles. The van der Waals surface area contributed by atoms with Gasteiger partial charge in [0.05, 0.1) is 23.7 Å². The first-order chi connectivity index (χ1) is 19.8. The highest BCUT2D eigenvalue weighted by molar-refractivity contribution is 7.89. The number of carbonyl (C=O) groups excluding carboxylic acids is 2. The van der Waals surface area contributed by atoms with Crippen LogP contribution in [0.2, 0.25) is 0 Å². The van der Waals surface area contributed by atoms with Crippen LogP contribution in [0.5, 0.6) is 5.75 Å². The Bertz CT molecular complexity index is 1620. The van der Waals surface area contributed by atoms with E-state index in [2.05, 4.69) is 5.32 Å². The zero-order chi connectivity index (χ0) is 28.8. The minimum absolute atomic E-state index is 0.0236. The van der Waals surface area contributed by atoms with Gasteiger partial charge in [0.25, 0.3) is 5.91 Å². The molecule has 1 heterocycles. The van der Waals surface area contributed by atoms with E-state index in [1.165, 1.54) is 41.3 Å². The highest BCUT2D eigenvalue weighted by Gasteiger charge is 2.36. The molecule has 5 rings (SSSR count). The number of anilines is 1. The van der Waals surface area contributed by atoms with Crippen molar-refractivity contribution in [2.45, 2.75) is 24.1 Å². The van der Waals surface area contributed by atoms with Crippen LogP contribution in [0.15, 0.2) is 114 Å². The monoisotopic (exact) mass is 573 g/mol. The SMILES string of the molecule is O=C(NCc1ccccc1)[C@@H]1CN(C(=O)CN(Cc2ccc(F)cc2)S(=O)(=O)c2ccccc2)c2ccccc2O1. The van der Waals surface area contributed by atoms with Gasteiger partial charge in [-0.2, -0.15) is 4.31 Å². The highest BCUT2D eigenvalue weighted by atomic mass is 32.2. The second kappa shape index (κ2) is 12.3. The van der Waals surface area contributed by atoms with E-state index in [4.69, 9.17) is 4.74 Å². The third-order valence-corrected chi connectivity index (χ3v) is 8.45. The van der Waals surface area contributed by atoms with E-state index in [0.29, 0.717) is 17.0 Å². The van der Waals surface area contributed by atoms with Crippen molar-refractivity contribution in [1.29, 1.82) is 0 Å². The van der Waals surface area contributed by atoms with Crippen LogP contribution in [0.25, 0.3) is 0 Å². The van der Waals surface area contributed by atoms with E-state index < -0.39 is 40.3 Å². The molecule has 4 aromatic rings. The van der Waals surface area contributed by atoms with E-state index in [0.717, 1.165) is 9.87 Å². The third kappa shape index (κ3) is 6.62. The molecule has 10 heteroatoms. The van der Waals surface area contributed by atoms with E-state index in [1.807, 2.05) is 30.3 Å². The molecule has 41 heavy (non-hydrogen) atoms. The fourth-order valence-electron chi connectivity index (χ4n) is 4.50. The number of fused-ring (bicyclic) bond motifs is 1. The smallest absolute Gasteiger partial charge is 0.263 e. The molecule has 0 fully saturated rings. The third-order valence-electron chi connectivity index (χ3n) is 6.64. The van der Waals surface area contributed by atoms with E-state index in [-0.39, 0.29) is 24.5 Å². The van der Waals surface area contributed by atoms with Crippen molar-refractivity contribution >= 4 is 27.5 Å². The number of para-hydroxylation sites is 2. The fourth-order valence-corrected chi connectivity index (χ4v) is 5.90. The number of rotatable bonds is 9. The minimum atomic E-state index is -4.11. The molecule has 0 saturated carbocycles. The van der Waals surface area contributed by atoms with Gasteiger partial charge in [-0.1, -0.05) is 72.8 Å². The number of hydrogen-bond acceptors (Lipinski definition) is 5. The van der Waals surface area contributed by atoms with Gasteiger partial charge in [-0.15, -0.1) is 0 Å². The zero-order valence-electron chi connectivity index (χ0n) is 22.0. The predicted molar refractivity (Wildman–Crippen MR) is 152 cm³/mol. The van der Waals surface area contributed by atoms with Gasteiger partial charge in [0.2, 0.25) is 15.9 Å². The summed E-state index contributed by atoms with van der Waals surface area (Å²) in [7, 11) is -4.11. The Hall–Kier alpha value is -4.54. The lowest BCUT2D eigenvalue weighted by molar-refractivity contribution is -0.128. The summed E-state index contributed by atoms with van der Waals surface area (Å²) in [6.07, 6.45) is -1.01. The number of carbonyl (C=O) groups is 2. The summed E-state index contributed by atoms with van der Waals surface area (Å²) >= 11 is 0. The topological polar surface area (TPSA) is 96.0 Å². The van der Waals surface area contributed by atoms with Gasteiger partial charge in [-0.05, 0) is 47.5 Å². The van der Waals surface area contributed by atoms with Crippen molar-refractivity contribution in [2.24, 2.45) is 0 Å². The summed E-state index contributed by atoms with van der Waals surface area (Å²) in [5.74, 6) is -1.06. The molecule has 0 aliphatic carbocycles. The zero-order valence-corrected chi connectivity index (χ0v) is 22.8. The van der Waals surface area contributed by atoms with Crippen LogP contribution >= 0.6 is 0 Å². The average Bonchev–Trinajstić information content (AvgIpc) is 3.00. The van der Waals surface area contributed by atoms with Gasteiger partial charge in [-0.25, -0.2) is 12.8 Å². The lowest BCUT2D eigenvalue weighted by Crippen LogP contribution is -2.52. The quantitative estimate of drug-likeness (QED) is 0.325. The largest absolute Gasteiger partial charge is 0.477 e. The van der Waals surface area contributed by atoms with Crippen LogP contribution in [0.4, 0.5) is 10.1 Å². The van der Waals surface area contributed by atoms with Crippen LogP contribution in [0, 0.1) is 5.82 Å². The van der Waals surface area contributed by atoms with Crippen molar-refractivity contribution in [3.05, 3.63) is 126 Å². The minimum Gasteiger partial charge on any atom is -0.477 e. The number of hydrogen-bond donors (Lipinski definition) is 1. The summed E-state index contributed by atoms with van der Waals surface area (Å²) in [5.41, 5.74) is 1.86. The fraction of sp³-hybridized carbons (Fsp3) is 0.161. The Morgan fingerprint density at radius 3 is 2.20 bits per heavy atom. The molecule has 1 aliphatic heterocycles. The maximum Gasteiger partial charge on any atom is 0.263 e. The second-order valence-electron chi connectivity index (χ2n) is 9.49. The van der Waals surface area contributed by atoms with Crippen LogP contribution in [-0.4, -0.2) is 43.7 Å². The molecule has 1 aliphatic rings. The van der Waals surface area contributed by atoms with Crippen LogP contribution in [0.3, 0.4) is 0 Å². The van der Waals surface area contributed by atoms with Gasteiger partial charge < -0.3 is 15.0 Å². The number of amides is 2. The molecule has 2 amide bonds. The molecule has 1 N–H and O–H groups in total. The normalized spacial score (nSPS) is 14.7. The number of halogens is 1. The molecular formula is C31H28FN3O5S. The first-order valence-electron chi connectivity index (χ1n) is 13.0. The second-order valence-corrected chi connectivity index (χ2v) is 11.4. The predicted octanol–water partition coefficient (Wildman–Crippen LogP) is 4.13. The Kier molecular flexibility index (Phi) is 8.42. The maximum absolute atomic E-state index is 13.8.